The van der Waals surface area contributed by atoms with Crippen LogP contribution in [-0.4, -0.2) is 75.5 Å². The monoisotopic (exact) mass is 468 g/mol. The molecule has 2 aliphatic rings. The highest BCUT2D eigenvalue weighted by Gasteiger charge is 2.28. The van der Waals surface area contributed by atoms with Gasteiger partial charge < -0.3 is 20.1 Å². The molecule has 2 fully saturated rings. The van der Waals surface area contributed by atoms with E-state index in [0.717, 1.165) is 77.4 Å². The van der Waals surface area contributed by atoms with Crippen LogP contribution in [0.4, 0.5) is 0 Å². The van der Waals surface area contributed by atoms with E-state index in [1.54, 1.807) is 0 Å². The normalized spacial score (nSPS) is 19.4. The minimum atomic E-state index is 0. The maximum absolute atomic E-state index is 5.67. The molecule has 0 aromatic rings. The highest BCUT2D eigenvalue weighted by atomic mass is 127. The van der Waals surface area contributed by atoms with Crippen LogP contribution in [0.5, 0.6) is 0 Å². The standard InChI is InChI=1S/C18H36N4O2.HI/c1-4-19-17(20-8-5-11-24-14-16-6-7-16)21-15-18(2,3)22-9-12-23-13-10-22;/h16H,4-15H2,1-3H3,(H2,19,20,21);1H. The van der Waals surface area contributed by atoms with Gasteiger partial charge in [-0.3, -0.25) is 9.89 Å². The molecule has 148 valence electrons. The van der Waals surface area contributed by atoms with Crippen LogP contribution in [-0.2, 0) is 9.47 Å². The van der Waals surface area contributed by atoms with E-state index in [4.69, 9.17) is 14.5 Å². The van der Waals surface area contributed by atoms with E-state index >= 15 is 0 Å². The Bertz CT molecular complexity index is 383. The van der Waals surface area contributed by atoms with E-state index in [1.807, 2.05) is 0 Å². The van der Waals surface area contributed by atoms with E-state index in [-0.39, 0.29) is 29.5 Å². The lowest BCUT2D eigenvalue weighted by Gasteiger charge is -2.39. The van der Waals surface area contributed by atoms with E-state index in [9.17, 15) is 0 Å². The smallest absolute Gasteiger partial charge is 0.191 e. The molecule has 1 heterocycles. The third-order valence-electron chi connectivity index (χ3n) is 4.64. The molecule has 1 saturated carbocycles. The fourth-order valence-electron chi connectivity index (χ4n) is 2.80. The van der Waals surface area contributed by atoms with Crippen LogP contribution in [0, 0.1) is 5.92 Å². The lowest BCUT2D eigenvalue weighted by atomic mass is 10.0. The van der Waals surface area contributed by atoms with Crippen LogP contribution in [0.2, 0.25) is 0 Å². The van der Waals surface area contributed by atoms with Crippen molar-refractivity contribution in [2.75, 3.05) is 59.2 Å². The van der Waals surface area contributed by atoms with Gasteiger partial charge in [0.2, 0.25) is 0 Å². The molecule has 0 amide bonds. The first-order valence-corrected chi connectivity index (χ1v) is 9.54. The van der Waals surface area contributed by atoms with Gasteiger partial charge in [-0.05, 0) is 46.0 Å². The number of nitrogens with zero attached hydrogens (tertiary/aromatic N) is 2. The summed E-state index contributed by atoms with van der Waals surface area (Å²) in [5, 5.41) is 6.75. The first-order valence-electron chi connectivity index (χ1n) is 9.54. The Hall–Kier alpha value is -0.120. The summed E-state index contributed by atoms with van der Waals surface area (Å²) >= 11 is 0. The summed E-state index contributed by atoms with van der Waals surface area (Å²) in [5.41, 5.74) is 0.0551. The molecule has 2 rings (SSSR count). The summed E-state index contributed by atoms with van der Waals surface area (Å²) in [5.74, 6) is 1.75. The molecule has 6 nitrogen and oxygen atoms in total. The average Bonchev–Trinajstić information content (AvgIpc) is 3.41. The Labute approximate surface area is 170 Å². The fourth-order valence-corrected chi connectivity index (χ4v) is 2.80. The second-order valence-corrected chi connectivity index (χ2v) is 7.41. The zero-order chi connectivity index (χ0) is 17.3. The maximum atomic E-state index is 5.67. The number of hydrogen-bond donors (Lipinski definition) is 2. The van der Waals surface area contributed by atoms with E-state index in [0.29, 0.717) is 0 Å². The first-order chi connectivity index (χ1) is 11.6. The molecule has 0 atom stereocenters. The molecular formula is C18H37IN4O2. The van der Waals surface area contributed by atoms with Crippen LogP contribution in [0.25, 0.3) is 0 Å². The van der Waals surface area contributed by atoms with Crippen LogP contribution in [0.3, 0.4) is 0 Å². The predicted octanol–water partition coefficient (Wildman–Crippen LogP) is 2.09. The largest absolute Gasteiger partial charge is 0.381 e. The summed E-state index contributed by atoms with van der Waals surface area (Å²) in [6.45, 7) is 14.6. The fraction of sp³-hybridized carbons (Fsp3) is 0.944. The van der Waals surface area contributed by atoms with Gasteiger partial charge in [-0.2, -0.15) is 0 Å². The lowest BCUT2D eigenvalue weighted by molar-refractivity contribution is -0.00683. The predicted molar refractivity (Wildman–Crippen MR) is 114 cm³/mol. The van der Waals surface area contributed by atoms with E-state index in [2.05, 4.69) is 36.3 Å². The molecule has 1 aliphatic heterocycles. The third-order valence-corrected chi connectivity index (χ3v) is 4.64. The number of nitrogens with one attached hydrogen (secondary N) is 2. The van der Waals surface area contributed by atoms with Crippen molar-refractivity contribution >= 4 is 29.9 Å². The molecule has 7 heteroatoms. The second kappa shape index (κ2) is 12.3. The Morgan fingerprint density at radius 2 is 1.96 bits per heavy atom. The molecule has 0 bridgehead atoms. The topological polar surface area (TPSA) is 58.1 Å². The third kappa shape index (κ3) is 9.40. The second-order valence-electron chi connectivity index (χ2n) is 7.41. The van der Waals surface area contributed by atoms with Crippen LogP contribution < -0.4 is 10.6 Å². The van der Waals surface area contributed by atoms with Crippen molar-refractivity contribution in [3.8, 4) is 0 Å². The van der Waals surface area contributed by atoms with Gasteiger partial charge in [0.15, 0.2) is 5.96 Å². The van der Waals surface area contributed by atoms with Gasteiger partial charge in [0.1, 0.15) is 0 Å². The van der Waals surface area contributed by atoms with Crippen molar-refractivity contribution in [3.05, 3.63) is 0 Å². The number of ether oxygens (including phenoxy) is 2. The molecule has 1 aliphatic carbocycles. The summed E-state index contributed by atoms with van der Waals surface area (Å²) in [4.78, 5) is 7.26. The number of guanidine groups is 1. The highest BCUT2D eigenvalue weighted by Crippen LogP contribution is 2.28. The van der Waals surface area contributed by atoms with Gasteiger partial charge in [0.25, 0.3) is 0 Å². The van der Waals surface area contributed by atoms with Crippen LogP contribution in [0.15, 0.2) is 4.99 Å². The number of aliphatic imine (C=N–C) groups is 1. The number of hydrogen-bond acceptors (Lipinski definition) is 4. The van der Waals surface area contributed by atoms with Gasteiger partial charge in [-0.25, -0.2) is 0 Å². The van der Waals surface area contributed by atoms with Crippen molar-refractivity contribution in [1.29, 1.82) is 0 Å². The Morgan fingerprint density at radius 3 is 2.60 bits per heavy atom. The molecule has 0 aromatic heterocycles. The molecule has 0 radical (unpaired) electrons. The van der Waals surface area contributed by atoms with Crippen molar-refractivity contribution in [2.24, 2.45) is 10.9 Å². The van der Waals surface area contributed by atoms with Crippen LogP contribution in [0.1, 0.15) is 40.0 Å². The summed E-state index contributed by atoms with van der Waals surface area (Å²) < 4.78 is 11.1. The zero-order valence-corrected chi connectivity index (χ0v) is 18.5. The molecule has 0 aromatic carbocycles. The summed E-state index contributed by atoms with van der Waals surface area (Å²) in [7, 11) is 0. The minimum absolute atomic E-state index is 0. The van der Waals surface area contributed by atoms with E-state index in [1.165, 1.54) is 12.8 Å². The molecule has 2 N–H and O–H groups in total. The summed E-state index contributed by atoms with van der Waals surface area (Å²) in [6, 6.07) is 0. The van der Waals surface area contributed by atoms with Crippen molar-refractivity contribution < 1.29 is 9.47 Å². The Morgan fingerprint density at radius 1 is 1.24 bits per heavy atom. The van der Waals surface area contributed by atoms with Gasteiger partial charge in [-0.15, -0.1) is 24.0 Å². The highest BCUT2D eigenvalue weighted by molar-refractivity contribution is 14.0. The maximum Gasteiger partial charge on any atom is 0.191 e. The molecule has 0 spiro atoms. The summed E-state index contributed by atoms with van der Waals surface area (Å²) in [6.07, 6.45) is 3.73. The molecule has 25 heavy (non-hydrogen) atoms. The van der Waals surface area contributed by atoms with Crippen LogP contribution >= 0.6 is 24.0 Å². The number of halogens is 1. The van der Waals surface area contributed by atoms with Crippen molar-refractivity contribution in [1.82, 2.24) is 15.5 Å². The Balaban J connectivity index is 0.00000312. The Kier molecular flexibility index (Phi) is 11.3. The zero-order valence-electron chi connectivity index (χ0n) is 16.2. The van der Waals surface area contributed by atoms with Gasteiger partial charge in [-0.1, -0.05) is 0 Å². The SMILES string of the molecule is CCNC(=NCC(C)(C)N1CCOCC1)NCCCOCC1CC1.I. The molecular weight excluding hydrogens is 431 g/mol. The van der Waals surface area contributed by atoms with E-state index < -0.39 is 0 Å². The number of morpholine rings is 1. The lowest BCUT2D eigenvalue weighted by Crippen LogP contribution is -2.52. The average molecular weight is 468 g/mol. The van der Waals surface area contributed by atoms with Gasteiger partial charge >= 0.3 is 0 Å². The quantitative estimate of drug-likeness (QED) is 0.223. The molecule has 1 saturated heterocycles. The van der Waals surface area contributed by atoms with Crippen molar-refractivity contribution in [2.45, 2.75) is 45.6 Å². The number of rotatable bonds is 10. The van der Waals surface area contributed by atoms with Gasteiger partial charge in [0.05, 0.1) is 19.8 Å². The minimum Gasteiger partial charge on any atom is -0.381 e. The van der Waals surface area contributed by atoms with Crippen molar-refractivity contribution in [3.63, 3.8) is 0 Å². The van der Waals surface area contributed by atoms with Gasteiger partial charge in [0, 0.05) is 44.9 Å². The molecule has 0 unspecified atom stereocenters. The first kappa shape index (κ1) is 22.9.